The van der Waals surface area contributed by atoms with Gasteiger partial charge in [-0.25, -0.2) is 0 Å². The molecule has 0 aromatic heterocycles. The van der Waals surface area contributed by atoms with Gasteiger partial charge in [-0.05, 0) is 24.7 Å². The highest BCUT2D eigenvalue weighted by atomic mass is 16.7. The summed E-state index contributed by atoms with van der Waals surface area (Å²) in [5.41, 5.74) is -0.909. The van der Waals surface area contributed by atoms with Crippen molar-refractivity contribution in [3.8, 4) is 0 Å². The van der Waals surface area contributed by atoms with Crippen molar-refractivity contribution in [1.29, 1.82) is 0 Å². The van der Waals surface area contributed by atoms with Crippen LogP contribution in [0.25, 0.3) is 0 Å². The number of carbonyl (C=O) groups excluding carboxylic acids is 2. The number of hydrogen-bond acceptors (Lipinski definition) is 4. The fraction of sp³-hybridized carbons (Fsp3) is 0.818. The molecule has 4 nitrogen and oxygen atoms in total. The van der Waals surface area contributed by atoms with Crippen LogP contribution in [0.1, 0.15) is 33.1 Å². The van der Waals surface area contributed by atoms with Gasteiger partial charge in [0.15, 0.2) is 5.41 Å². The Morgan fingerprint density at radius 3 is 2.00 bits per heavy atom. The number of hydrogen-bond donors (Lipinski definition) is 0. The van der Waals surface area contributed by atoms with Crippen LogP contribution in [0, 0.1) is 17.3 Å². The van der Waals surface area contributed by atoms with E-state index in [0.29, 0.717) is 0 Å². The topological polar surface area (TPSA) is 52.6 Å². The van der Waals surface area contributed by atoms with E-state index in [1.807, 2.05) is 0 Å². The summed E-state index contributed by atoms with van der Waals surface area (Å²) in [6.45, 7) is 3.18. The minimum Gasteiger partial charge on any atom is -0.422 e. The van der Waals surface area contributed by atoms with Gasteiger partial charge in [0.1, 0.15) is 0 Å². The van der Waals surface area contributed by atoms with E-state index >= 15 is 0 Å². The zero-order valence-electron chi connectivity index (χ0n) is 8.91. The van der Waals surface area contributed by atoms with Gasteiger partial charge in [0.05, 0.1) is 0 Å². The molecule has 1 spiro atoms. The van der Waals surface area contributed by atoms with Gasteiger partial charge in [0, 0.05) is 13.8 Å². The summed E-state index contributed by atoms with van der Waals surface area (Å²) >= 11 is 0. The zero-order chi connectivity index (χ0) is 10.8. The van der Waals surface area contributed by atoms with E-state index in [2.05, 4.69) is 0 Å². The molecule has 1 heterocycles. The molecule has 3 fully saturated rings. The van der Waals surface area contributed by atoms with E-state index in [4.69, 9.17) is 9.47 Å². The van der Waals surface area contributed by atoms with Crippen LogP contribution in [-0.4, -0.2) is 17.7 Å². The monoisotopic (exact) mass is 210 g/mol. The highest BCUT2D eigenvalue weighted by molar-refractivity contribution is 6.06. The van der Waals surface area contributed by atoms with E-state index in [-0.39, 0.29) is 23.8 Å². The van der Waals surface area contributed by atoms with Crippen molar-refractivity contribution in [1.82, 2.24) is 0 Å². The normalized spacial score (nSPS) is 39.6. The van der Waals surface area contributed by atoms with E-state index in [0.717, 1.165) is 19.3 Å². The molecule has 2 atom stereocenters. The van der Waals surface area contributed by atoms with Gasteiger partial charge >= 0.3 is 11.9 Å². The number of esters is 2. The fourth-order valence-corrected chi connectivity index (χ4v) is 3.28. The van der Waals surface area contributed by atoms with Crippen molar-refractivity contribution in [2.75, 3.05) is 0 Å². The van der Waals surface area contributed by atoms with Crippen molar-refractivity contribution in [2.24, 2.45) is 17.3 Å². The molecule has 0 bridgehead atoms. The zero-order valence-corrected chi connectivity index (χ0v) is 8.91. The first kappa shape index (κ1) is 9.19. The molecule has 3 rings (SSSR count). The molecule has 15 heavy (non-hydrogen) atoms. The predicted molar refractivity (Wildman–Crippen MR) is 49.5 cm³/mol. The van der Waals surface area contributed by atoms with Crippen molar-refractivity contribution < 1.29 is 19.1 Å². The van der Waals surface area contributed by atoms with Crippen molar-refractivity contribution in [2.45, 2.75) is 38.9 Å². The second-order valence-electron chi connectivity index (χ2n) is 5.19. The third-order valence-electron chi connectivity index (χ3n) is 3.93. The van der Waals surface area contributed by atoms with Crippen molar-refractivity contribution >= 4 is 11.9 Å². The number of ether oxygens (including phenoxy) is 2. The minimum atomic E-state index is -1.09. The molecule has 1 saturated heterocycles. The average Bonchev–Trinajstić information content (AvgIpc) is 2.50. The van der Waals surface area contributed by atoms with Gasteiger partial charge in [-0.1, -0.05) is 6.42 Å². The van der Waals surface area contributed by atoms with Crippen LogP contribution in [0.2, 0.25) is 0 Å². The Labute approximate surface area is 87.9 Å². The standard InChI is InChI=1S/C11H14O4/c1-10(2)14-8(12)11(9(13)15-10)6-4-3-5-7(6)11/h6-7H,3-5H2,1-2H3. The quantitative estimate of drug-likeness (QED) is 0.446. The lowest BCUT2D eigenvalue weighted by Gasteiger charge is -2.34. The summed E-state index contributed by atoms with van der Waals surface area (Å²) in [5.74, 6) is -1.44. The van der Waals surface area contributed by atoms with E-state index in [1.165, 1.54) is 0 Å². The van der Waals surface area contributed by atoms with Gasteiger partial charge < -0.3 is 9.47 Å². The molecule has 2 saturated carbocycles. The second kappa shape index (κ2) is 2.36. The number of cyclic esters (lactones) is 2. The Morgan fingerprint density at radius 2 is 1.53 bits per heavy atom. The van der Waals surface area contributed by atoms with Crippen molar-refractivity contribution in [3.63, 3.8) is 0 Å². The highest BCUT2D eigenvalue weighted by Crippen LogP contribution is 2.69. The Balaban J connectivity index is 1.93. The van der Waals surface area contributed by atoms with Crippen LogP contribution in [0.5, 0.6) is 0 Å². The van der Waals surface area contributed by atoms with Crippen LogP contribution in [0.15, 0.2) is 0 Å². The van der Waals surface area contributed by atoms with Crippen LogP contribution in [0.3, 0.4) is 0 Å². The summed E-state index contributed by atoms with van der Waals surface area (Å²) < 4.78 is 10.4. The Hall–Kier alpha value is -1.06. The highest BCUT2D eigenvalue weighted by Gasteiger charge is 2.79. The predicted octanol–water partition coefficient (Wildman–Crippen LogP) is 1.24. The minimum absolute atomic E-state index is 0.189. The fourth-order valence-electron chi connectivity index (χ4n) is 3.28. The third kappa shape index (κ3) is 0.924. The van der Waals surface area contributed by atoms with E-state index < -0.39 is 11.2 Å². The first-order valence-corrected chi connectivity index (χ1v) is 5.45. The number of fused-ring (bicyclic) bond motifs is 3. The van der Waals surface area contributed by atoms with Gasteiger partial charge in [-0.3, -0.25) is 9.59 Å². The molecule has 0 aromatic carbocycles. The molecule has 4 heteroatoms. The maximum Gasteiger partial charge on any atom is 0.327 e. The summed E-state index contributed by atoms with van der Waals surface area (Å²) in [4.78, 5) is 23.8. The first-order valence-electron chi connectivity index (χ1n) is 5.45. The molecular formula is C11H14O4. The van der Waals surface area contributed by atoms with Crippen LogP contribution >= 0.6 is 0 Å². The third-order valence-corrected chi connectivity index (χ3v) is 3.93. The van der Waals surface area contributed by atoms with Gasteiger partial charge in [0.2, 0.25) is 0 Å². The maximum atomic E-state index is 11.9. The lowest BCUT2D eigenvalue weighted by Crippen LogP contribution is -2.49. The van der Waals surface area contributed by atoms with Gasteiger partial charge in [-0.15, -0.1) is 0 Å². The Morgan fingerprint density at radius 1 is 1.07 bits per heavy atom. The first-order chi connectivity index (χ1) is 6.98. The molecule has 2 aliphatic carbocycles. The molecule has 1 aliphatic heterocycles. The smallest absolute Gasteiger partial charge is 0.327 e. The number of rotatable bonds is 0. The van der Waals surface area contributed by atoms with Gasteiger partial charge in [0.25, 0.3) is 5.79 Å². The van der Waals surface area contributed by atoms with Crippen molar-refractivity contribution in [3.05, 3.63) is 0 Å². The Kier molecular flexibility index (Phi) is 1.45. The average molecular weight is 210 g/mol. The van der Waals surface area contributed by atoms with E-state index in [1.54, 1.807) is 13.8 Å². The Bertz CT molecular complexity index is 326. The molecule has 0 radical (unpaired) electrons. The summed E-state index contributed by atoms with van der Waals surface area (Å²) in [6, 6.07) is 0. The van der Waals surface area contributed by atoms with E-state index in [9.17, 15) is 9.59 Å². The molecule has 2 unspecified atom stereocenters. The largest absolute Gasteiger partial charge is 0.422 e. The molecule has 0 N–H and O–H groups in total. The molecular weight excluding hydrogens is 196 g/mol. The maximum absolute atomic E-state index is 11.9. The summed E-state index contributed by atoms with van der Waals surface area (Å²) in [5, 5.41) is 0. The van der Waals surface area contributed by atoms with Crippen LogP contribution in [-0.2, 0) is 19.1 Å². The number of carbonyl (C=O) groups is 2. The molecule has 0 amide bonds. The lowest BCUT2D eigenvalue weighted by molar-refractivity contribution is -0.245. The molecule has 82 valence electrons. The SMILES string of the molecule is CC1(C)OC(=O)C2(C(=O)O1)C1CCCC12. The van der Waals surface area contributed by atoms with Crippen LogP contribution in [0.4, 0.5) is 0 Å². The second-order valence-corrected chi connectivity index (χ2v) is 5.19. The molecule has 0 aromatic rings. The lowest BCUT2D eigenvalue weighted by atomic mass is 9.94. The van der Waals surface area contributed by atoms with Crippen LogP contribution < -0.4 is 0 Å². The van der Waals surface area contributed by atoms with Gasteiger partial charge in [-0.2, -0.15) is 0 Å². The summed E-state index contributed by atoms with van der Waals surface area (Å²) in [7, 11) is 0. The summed E-state index contributed by atoms with van der Waals surface area (Å²) in [6.07, 6.45) is 3.02. The molecule has 3 aliphatic rings.